The number of likely N-dealkylation sites (N-methyl/N-ethyl adjacent to an activating group) is 1. The van der Waals surface area contributed by atoms with E-state index >= 15 is 0 Å². The zero-order valence-corrected chi connectivity index (χ0v) is 15.7. The Kier molecular flexibility index (Phi) is 4.52. The lowest BCUT2D eigenvalue weighted by Crippen LogP contribution is -2.50. The normalized spacial score (nSPS) is 16.4. The Balaban J connectivity index is 1.55. The van der Waals surface area contributed by atoms with Gasteiger partial charge < -0.3 is 4.90 Å². The molecule has 1 atom stereocenters. The molecule has 1 aromatic heterocycles. The molecule has 0 N–H and O–H groups in total. The fourth-order valence-electron chi connectivity index (χ4n) is 3.90. The molecule has 0 radical (unpaired) electrons. The van der Waals surface area contributed by atoms with E-state index in [1.165, 1.54) is 6.33 Å². The Morgan fingerprint density at radius 2 is 1.81 bits per heavy atom. The molecule has 1 heterocycles. The molecule has 3 aromatic rings. The van der Waals surface area contributed by atoms with E-state index in [2.05, 4.69) is 41.3 Å². The third-order valence-corrected chi connectivity index (χ3v) is 5.90. The Morgan fingerprint density at radius 1 is 1.11 bits per heavy atom. The summed E-state index contributed by atoms with van der Waals surface area (Å²) in [5.41, 5.74) is 2.85. The van der Waals surface area contributed by atoms with Crippen molar-refractivity contribution >= 4 is 5.91 Å². The summed E-state index contributed by atoms with van der Waals surface area (Å²) in [6.07, 6.45) is 6.16. The van der Waals surface area contributed by atoms with Crippen LogP contribution in [0.5, 0.6) is 0 Å². The van der Waals surface area contributed by atoms with E-state index in [1.807, 2.05) is 42.3 Å². The monoisotopic (exact) mass is 360 g/mol. The smallest absolute Gasteiger partial charge is 0.233 e. The van der Waals surface area contributed by atoms with Crippen molar-refractivity contribution in [2.24, 2.45) is 0 Å². The number of rotatable bonds is 5. The largest absolute Gasteiger partial charge is 0.338 e. The van der Waals surface area contributed by atoms with E-state index in [-0.39, 0.29) is 17.4 Å². The van der Waals surface area contributed by atoms with Gasteiger partial charge in [0.15, 0.2) is 0 Å². The summed E-state index contributed by atoms with van der Waals surface area (Å²) >= 11 is 0. The van der Waals surface area contributed by atoms with Gasteiger partial charge in [0.2, 0.25) is 5.91 Å². The van der Waals surface area contributed by atoms with Crippen molar-refractivity contribution in [2.75, 3.05) is 7.05 Å². The van der Waals surface area contributed by atoms with Crippen LogP contribution in [0.1, 0.15) is 43.4 Å². The van der Waals surface area contributed by atoms with Gasteiger partial charge in [-0.05, 0) is 43.0 Å². The Morgan fingerprint density at radius 3 is 2.37 bits per heavy atom. The quantitative estimate of drug-likeness (QED) is 0.693. The highest BCUT2D eigenvalue weighted by molar-refractivity contribution is 5.89. The molecule has 1 aliphatic carbocycles. The Hall–Kier alpha value is -2.95. The van der Waals surface area contributed by atoms with Crippen LogP contribution in [0.15, 0.2) is 67.3 Å². The van der Waals surface area contributed by atoms with Crippen LogP contribution in [0.4, 0.5) is 0 Å². The highest BCUT2D eigenvalue weighted by Crippen LogP contribution is 2.46. The first kappa shape index (κ1) is 17.5. The minimum absolute atomic E-state index is 0.00323. The topological polar surface area (TPSA) is 51.0 Å². The van der Waals surface area contributed by atoms with Crippen molar-refractivity contribution in [1.82, 2.24) is 19.7 Å². The number of hydrogen-bond acceptors (Lipinski definition) is 3. The Labute approximate surface area is 159 Å². The highest BCUT2D eigenvalue weighted by atomic mass is 16.2. The second kappa shape index (κ2) is 6.99. The van der Waals surface area contributed by atoms with Crippen LogP contribution in [0.2, 0.25) is 0 Å². The van der Waals surface area contributed by atoms with Gasteiger partial charge in [0.1, 0.15) is 12.7 Å². The van der Waals surface area contributed by atoms with Crippen LogP contribution < -0.4 is 0 Å². The van der Waals surface area contributed by atoms with Crippen molar-refractivity contribution in [3.8, 4) is 5.69 Å². The minimum Gasteiger partial charge on any atom is -0.338 e. The van der Waals surface area contributed by atoms with E-state index in [1.54, 1.807) is 11.0 Å². The predicted molar refractivity (Wildman–Crippen MR) is 105 cm³/mol. The van der Waals surface area contributed by atoms with E-state index in [4.69, 9.17) is 0 Å². The molecular weight excluding hydrogens is 336 g/mol. The van der Waals surface area contributed by atoms with Crippen molar-refractivity contribution in [2.45, 2.75) is 37.6 Å². The van der Waals surface area contributed by atoms with Gasteiger partial charge in [-0.1, -0.05) is 48.9 Å². The molecule has 0 spiro atoms. The van der Waals surface area contributed by atoms with Crippen LogP contribution in [0.3, 0.4) is 0 Å². The molecule has 1 fully saturated rings. The maximum absolute atomic E-state index is 13.4. The molecule has 0 bridgehead atoms. The fourth-order valence-corrected chi connectivity index (χ4v) is 3.90. The summed E-state index contributed by atoms with van der Waals surface area (Å²) in [6, 6.07) is 18.4. The molecule has 138 valence electrons. The van der Waals surface area contributed by atoms with E-state index in [0.717, 1.165) is 36.1 Å². The molecule has 5 nitrogen and oxygen atoms in total. The summed E-state index contributed by atoms with van der Waals surface area (Å²) in [6.45, 7) is 2.08. The van der Waals surface area contributed by atoms with Crippen LogP contribution in [-0.4, -0.2) is 32.6 Å². The number of hydrogen-bond donors (Lipinski definition) is 0. The van der Waals surface area contributed by atoms with Crippen LogP contribution >= 0.6 is 0 Å². The predicted octanol–water partition coefficient (Wildman–Crippen LogP) is 3.91. The van der Waals surface area contributed by atoms with Gasteiger partial charge in [-0.2, -0.15) is 5.10 Å². The third kappa shape index (κ3) is 3.03. The maximum atomic E-state index is 13.4. The number of benzene rings is 2. The molecule has 1 unspecified atom stereocenters. The van der Waals surface area contributed by atoms with Gasteiger partial charge >= 0.3 is 0 Å². The second-order valence-corrected chi connectivity index (χ2v) is 7.33. The molecule has 4 rings (SSSR count). The lowest BCUT2D eigenvalue weighted by Gasteiger charge is -2.44. The fraction of sp³-hybridized carbons (Fsp3) is 0.318. The van der Waals surface area contributed by atoms with Gasteiger partial charge in [0.05, 0.1) is 17.1 Å². The molecule has 1 saturated carbocycles. The van der Waals surface area contributed by atoms with Gasteiger partial charge in [-0.25, -0.2) is 9.67 Å². The van der Waals surface area contributed by atoms with Crippen LogP contribution in [0, 0.1) is 0 Å². The van der Waals surface area contributed by atoms with E-state index in [0.29, 0.717) is 0 Å². The van der Waals surface area contributed by atoms with Gasteiger partial charge in [0.25, 0.3) is 0 Å². The molecule has 0 saturated heterocycles. The zero-order valence-electron chi connectivity index (χ0n) is 15.7. The zero-order chi connectivity index (χ0) is 18.9. The minimum atomic E-state index is -0.356. The molecule has 27 heavy (non-hydrogen) atoms. The average molecular weight is 360 g/mol. The number of amides is 1. The van der Waals surface area contributed by atoms with E-state index < -0.39 is 0 Å². The lowest BCUT2D eigenvalue weighted by molar-refractivity contribution is -0.141. The van der Waals surface area contributed by atoms with Crippen molar-refractivity contribution < 1.29 is 4.79 Å². The molecule has 1 aliphatic rings. The van der Waals surface area contributed by atoms with Gasteiger partial charge in [0, 0.05) is 7.05 Å². The van der Waals surface area contributed by atoms with Gasteiger partial charge in [-0.15, -0.1) is 0 Å². The third-order valence-electron chi connectivity index (χ3n) is 5.90. The van der Waals surface area contributed by atoms with Crippen molar-refractivity contribution in [3.63, 3.8) is 0 Å². The lowest BCUT2D eigenvalue weighted by atomic mass is 9.63. The van der Waals surface area contributed by atoms with Crippen LogP contribution in [0.25, 0.3) is 5.69 Å². The molecule has 0 aliphatic heterocycles. The summed E-state index contributed by atoms with van der Waals surface area (Å²) in [4.78, 5) is 19.3. The number of carbonyl (C=O) groups excluding carboxylic acids is 1. The molecule has 1 amide bonds. The summed E-state index contributed by atoms with van der Waals surface area (Å²) < 4.78 is 1.72. The first-order chi connectivity index (χ1) is 13.1. The standard InChI is InChI=1S/C22H24N4O/c1-17(18-9-11-20(12-10-18)26-16-23-15-24-26)25(2)21(27)22(13-6-14-22)19-7-4-3-5-8-19/h3-5,7-12,15-17H,6,13-14H2,1-2H3. The SMILES string of the molecule is CC(c1ccc(-n2cncn2)cc1)N(C)C(=O)C1(c2ccccc2)CCC1. The average Bonchev–Trinajstić information content (AvgIpc) is 3.22. The number of carbonyl (C=O) groups is 1. The number of aromatic nitrogens is 3. The number of nitrogens with zero attached hydrogens (tertiary/aromatic N) is 4. The molecule has 5 heteroatoms. The summed E-state index contributed by atoms with van der Waals surface area (Å²) in [7, 11) is 1.92. The van der Waals surface area contributed by atoms with Crippen LogP contribution in [-0.2, 0) is 10.2 Å². The molecule has 2 aromatic carbocycles. The summed E-state index contributed by atoms with van der Waals surface area (Å²) in [5.74, 6) is 0.216. The van der Waals surface area contributed by atoms with Crippen molar-refractivity contribution in [1.29, 1.82) is 0 Å². The van der Waals surface area contributed by atoms with E-state index in [9.17, 15) is 4.79 Å². The first-order valence-corrected chi connectivity index (χ1v) is 9.39. The van der Waals surface area contributed by atoms with Crippen molar-refractivity contribution in [3.05, 3.63) is 78.4 Å². The Bertz CT molecular complexity index is 899. The second-order valence-electron chi connectivity index (χ2n) is 7.33. The maximum Gasteiger partial charge on any atom is 0.233 e. The summed E-state index contributed by atoms with van der Waals surface area (Å²) in [5, 5.41) is 4.15. The highest BCUT2D eigenvalue weighted by Gasteiger charge is 2.47. The molecular formula is C22H24N4O. The van der Waals surface area contributed by atoms with Gasteiger partial charge in [-0.3, -0.25) is 4.79 Å². The first-order valence-electron chi connectivity index (χ1n) is 9.39.